The molecule has 0 bridgehead atoms. The quantitative estimate of drug-likeness (QED) is 0.651. The summed E-state index contributed by atoms with van der Waals surface area (Å²) in [4.78, 5) is 21.0. The van der Waals surface area contributed by atoms with Crippen LogP contribution in [0.15, 0.2) is 0 Å². The lowest BCUT2D eigenvalue weighted by Gasteiger charge is -2.53. The highest BCUT2D eigenvalue weighted by molar-refractivity contribution is 7.15. The number of hydrogen-bond donors (Lipinski definition) is 3. The number of carbonyl (C=O) groups excluding carboxylic acids is 1. The molecule has 2 heterocycles. The van der Waals surface area contributed by atoms with Gasteiger partial charge in [0.05, 0.1) is 25.0 Å². The highest BCUT2D eigenvalue weighted by atomic mass is 32.1. The molecule has 3 aliphatic rings. The molecule has 0 unspecified atom stereocenters. The van der Waals surface area contributed by atoms with E-state index in [-0.39, 0.29) is 35.0 Å². The van der Waals surface area contributed by atoms with Crippen LogP contribution in [0.5, 0.6) is 0 Å². The minimum Gasteiger partial charge on any atom is -0.392 e. The maximum atomic E-state index is 12.9. The Kier molecular flexibility index (Phi) is 6.40. The molecule has 8 heteroatoms. The molecule has 1 aromatic heterocycles. The van der Waals surface area contributed by atoms with Gasteiger partial charge in [0.1, 0.15) is 0 Å². The third kappa shape index (κ3) is 4.11. The summed E-state index contributed by atoms with van der Waals surface area (Å²) in [5, 5.41) is 15.1. The number of aromatic nitrogens is 1. The normalized spacial score (nSPS) is 35.3. The molecule has 7 nitrogen and oxygen atoms in total. The number of thiazole rings is 1. The van der Waals surface area contributed by atoms with Crippen LogP contribution in [-0.2, 0) is 16.0 Å². The van der Waals surface area contributed by atoms with Crippen molar-refractivity contribution in [3.05, 3.63) is 10.6 Å². The lowest BCUT2D eigenvalue weighted by Crippen LogP contribution is -2.53. The van der Waals surface area contributed by atoms with Gasteiger partial charge in [0.2, 0.25) is 5.91 Å². The van der Waals surface area contributed by atoms with Crippen molar-refractivity contribution in [1.82, 2.24) is 15.2 Å². The Morgan fingerprint density at radius 3 is 2.93 bits per heavy atom. The molecular formula is C22H36N4O3S. The molecule has 1 saturated carbocycles. The Hall–Kier alpha value is -1.22. The second-order valence-corrected chi connectivity index (χ2v) is 10.8. The van der Waals surface area contributed by atoms with E-state index in [2.05, 4.69) is 29.0 Å². The van der Waals surface area contributed by atoms with E-state index in [0.717, 1.165) is 57.8 Å². The zero-order valence-electron chi connectivity index (χ0n) is 18.4. The van der Waals surface area contributed by atoms with E-state index in [1.165, 1.54) is 4.88 Å². The van der Waals surface area contributed by atoms with Crippen LogP contribution >= 0.6 is 11.3 Å². The molecule has 0 aromatic carbocycles. The molecule has 0 radical (unpaired) electrons. The Morgan fingerprint density at radius 2 is 2.20 bits per heavy atom. The first-order valence-electron chi connectivity index (χ1n) is 11.3. The second kappa shape index (κ2) is 8.73. The number of fused-ring (bicyclic) bond motifs is 2. The minimum absolute atomic E-state index is 0.0218. The van der Waals surface area contributed by atoms with E-state index in [4.69, 9.17) is 10.5 Å². The molecule has 4 N–H and O–H groups in total. The Morgan fingerprint density at radius 1 is 1.47 bits per heavy atom. The van der Waals surface area contributed by atoms with Gasteiger partial charge in [-0.2, -0.15) is 0 Å². The number of anilines is 1. The van der Waals surface area contributed by atoms with Gasteiger partial charge in [-0.25, -0.2) is 4.98 Å². The summed E-state index contributed by atoms with van der Waals surface area (Å²) in [6.07, 6.45) is 2.32. The van der Waals surface area contributed by atoms with Gasteiger partial charge in [0, 0.05) is 42.9 Å². The topological polar surface area (TPSA) is 101 Å². The lowest BCUT2D eigenvalue weighted by atomic mass is 9.53. The van der Waals surface area contributed by atoms with Crippen LogP contribution < -0.4 is 11.1 Å². The zero-order chi connectivity index (χ0) is 21.5. The summed E-state index contributed by atoms with van der Waals surface area (Å²) in [5.74, 6) is 0.0864. The van der Waals surface area contributed by atoms with E-state index in [9.17, 15) is 9.90 Å². The number of nitrogens with zero attached hydrogens (tertiary/aromatic N) is 2. The molecule has 4 rings (SSSR count). The Balaban J connectivity index is 1.39. The van der Waals surface area contributed by atoms with Gasteiger partial charge < -0.3 is 20.9 Å². The Labute approximate surface area is 183 Å². The van der Waals surface area contributed by atoms with E-state index in [0.29, 0.717) is 11.7 Å². The summed E-state index contributed by atoms with van der Waals surface area (Å²) in [6, 6.07) is 0. The fourth-order valence-electron chi connectivity index (χ4n) is 6.08. The van der Waals surface area contributed by atoms with Gasteiger partial charge in [-0.15, -0.1) is 11.3 Å². The van der Waals surface area contributed by atoms with Crippen molar-refractivity contribution in [3.8, 4) is 0 Å². The zero-order valence-corrected chi connectivity index (χ0v) is 19.2. The van der Waals surface area contributed by atoms with Crippen molar-refractivity contribution >= 4 is 22.4 Å². The monoisotopic (exact) mass is 436 g/mol. The standard InChI is InChI=1S/C22H36N4O3S/c1-13(20(28)24-6-7-26-8-10-29-11-9-26)15-4-5-22(3)12-16-18(25-21(23)30-16)14(2)17(22)19(15)27/h13-15,17,19,27H,4-12H2,1-3H3,(H2,23,25)(H,24,28)/t13-,14-,15-,17+,19-,22+/m0/s1. The van der Waals surface area contributed by atoms with Crippen molar-refractivity contribution in [2.24, 2.45) is 23.2 Å². The van der Waals surface area contributed by atoms with E-state index >= 15 is 0 Å². The number of nitrogen functional groups attached to an aromatic ring is 1. The van der Waals surface area contributed by atoms with Gasteiger partial charge in [0.15, 0.2) is 5.13 Å². The number of carbonyl (C=O) groups is 1. The van der Waals surface area contributed by atoms with E-state index in [1.54, 1.807) is 11.3 Å². The number of morpholine rings is 1. The summed E-state index contributed by atoms with van der Waals surface area (Å²) in [5.41, 5.74) is 7.08. The van der Waals surface area contributed by atoms with Crippen molar-refractivity contribution in [3.63, 3.8) is 0 Å². The number of ether oxygens (including phenoxy) is 1. The van der Waals surface area contributed by atoms with E-state index in [1.807, 2.05) is 6.92 Å². The first-order chi connectivity index (χ1) is 14.3. The number of rotatable bonds is 5. The molecule has 2 fully saturated rings. The second-order valence-electron chi connectivity index (χ2n) is 9.73. The molecule has 1 aromatic rings. The molecule has 168 valence electrons. The lowest BCUT2D eigenvalue weighted by molar-refractivity contribution is -0.134. The smallest absolute Gasteiger partial charge is 0.223 e. The highest BCUT2D eigenvalue weighted by Gasteiger charge is 2.53. The molecule has 1 aliphatic heterocycles. The maximum Gasteiger partial charge on any atom is 0.223 e. The molecule has 2 aliphatic carbocycles. The number of nitrogens with two attached hydrogens (primary N) is 1. The van der Waals surface area contributed by atoms with Crippen LogP contribution in [0, 0.1) is 23.2 Å². The van der Waals surface area contributed by atoms with Crippen LogP contribution in [0.1, 0.15) is 50.1 Å². The summed E-state index contributed by atoms with van der Waals surface area (Å²) in [7, 11) is 0. The van der Waals surface area contributed by atoms with Gasteiger partial charge in [-0.1, -0.05) is 20.8 Å². The maximum absolute atomic E-state index is 12.9. The summed E-state index contributed by atoms with van der Waals surface area (Å²) >= 11 is 1.59. The third-order valence-electron chi connectivity index (χ3n) is 7.83. The number of aliphatic hydroxyl groups is 1. The highest BCUT2D eigenvalue weighted by Crippen LogP contribution is 2.57. The van der Waals surface area contributed by atoms with Crippen LogP contribution in [0.25, 0.3) is 0 Å². The molecule has 0 spiro atoms. The van der Waals surface area contributed by atoms with Crippen LogP contribution in [0.3, 0.4) is 0 Å². The average molecular weight is 437 g/mol. The fourth-order valence-corrected chi connectivity index (χ4v) is 7.22. The molecule has 1 amide bonds. The first-order valence-corrected chi connectivity index (χ1v) is 12.1. The van der Waals surface area contributed by atoms with Crippen molar-refractivity contribution in [2.75, 3.05) is 45.1 Å². The van der Waals surface area contributed by atoms with Crippen molar-refractivity contribution in [1.29, 1.82) is 0 Å². The third-order valence-corrected chi connectivity index (χ3v) is 8.73. The Bertz CT molecular complexity index is 766. The number of aliphatic hydroxyl groups excluding tert-OH is 1. The largest absolute Gasteiger partial charge is 0.392 e. The van der Waals surface area contributed by atoms with Gasteiger partial charge in [-0.05, 0) is 36.5 Å². The predicted molar refractivity (Wildman–Crippen MR) is 118 cm³/mol. The first kappa shape index (κ1) is 22.0. The summed E-state index contributed by atoms with van der Waals surface area (Å²) < 4.78 is 5.37. The van der Waals surface area contributed by atoms with Gasteiger partial charge in [0.25, 0.3) is 0 Å². The van der Waals surface area contributed by atoms with Crippen molar-refractivity contribution in [2.45, 2.75) is 52.1 Å². The molecule has 1 saturated heterocycles. The molecule has 6 atom stereocenters. The minimum atomic E-state index is -0.505. The SMILES string of the molecule is C[C@H](C(=O)NCCN1CCOCC1)[C@@H]1CC[C@]2(C)Cc3sc(N)nc3[C@@H](C)[C@@H]2[C@H]1O. The van der Waals surface area contributed by atoms with Gasteiger partial charge in [-0.3, -0.25) is 9.69 Å². The van der Waals surface area contributed by atoms with Crippen molar-refractivity contribution < 1.29 is 14.6 Å². The number of nitrogens with one attached hydrogen (secondary N) is 1. The van der Waals surface area contributed by atoms with Crippen LogP contribution in [-0.4, -0.2) is 66.4 Å². The predicted octanol–water partition coefficient (Wildman–Crippen LogP) is 1.86. The number of hydrogen-bond acceptors (Lipinski definition) is 7. The fraction of sp³-hybridized carbons (Fsp3) is 0.818. The molecule has 30 heavy (non-hydrogen) atoms. The summed E-state index contributed by atoms with van der Waals surface area (Å²) in [6.45, 7) is 11.3. The van der Waals surface area contributed by atoms with Gasteiger partial charge >= 0.3 is 0 Å². The van der Waals surface area contributed by atoms with E-state index < -0.39 is 6.10 Å². The van der Waals surface area contributed by atoms with Crippen LogP contribution in [0.4, 0.5) is 5.13 Å². The molecular weight excluding hydrogens is 400 g/mol. The number of amides is 1. The average Bonchev–Trinajstić information content (AvgIpc) is 3.08. The van der Waals surface area contributed by atoms with Crippen LogP contribution in [0.2, 0.25) is 0 Å².